The molecule has 25 heavy (non-hydrogen) atoms. The fourth-order valence-electron chi connectivity index (χ4n) is 2.39. The van der Waals surface area contributed by atoms with Crippen molar-refractivity contribution in [2.75, 3.05) is 19.5 Å². The van der Waals surface area contributed by atoms with Gasteiger partial charge in [-0.1, -0.05) is 12.1 Å². The summed E-state index contributed by atoms with van der Waals surface area (Å²) >= 11 is 0. The molecule has 0 radical (unpaired) electrons. The van der Waals surface area contributed by atoms with E-state index in [2.05, 4.69) is 15.0 Å². The summed E-state index contributed by atoms with van der Waals surface area (Å²) < 4.78 is 9.85. The van der Waals surface area contributed by atoms with Crippen LogP contribution in [0.4, 0.5) is 5.69 Å². The van der Waals surface area contributed by atoms with Crippen molar-refractivity contribution in [3.63, 3.8) is 0 Å². The number of pyridine rings is 1. The molecular weight excluding hydrogens is 320 g/mol. The average molecular weight is 336 g/mol. The first-order valence-corrected chi connectivity index (χ1v) is 7.55. The molecular formula is C19H16N2O4. The Morgan fingerprint density at radius 3 is 2.60 bits per heavy atom. The number of anilines is 1. The van der Waals surface area contributed by atoms with E-state index >= 15 is 0 Å². The number of amides is 1. The highest BCUT2D eigenvalue weighted by atomic mass is 16.5. The Balaban J connectivity index is 1.83. The largest absolute Gasteiger partial charge is 0.497 e. The summed E-state index contributed by atoms with van der Waals surface area (Å²) in [6.07, 6.45) is 0. The number of esters is 1. The second kappa shape index (κ2) is 7.00. The third-order valence-corrected chi connectivity index (χ3v) is 3.67. The average Bonchev–Trinajstić information content (AvgIpc) is 2.66. The first-order valence-electron chi connectivity index (χ1n) is 7.55. The molecule has 6 heteroatoms. The van der Waals surface area contributed by atoms with Crippen LogP contribution in [0.2, 0.25) is 0 Å². The number of nitrogens with one attached hydrogen (secondary N) is 1. The fraction of sp³-hybridized carbons (Fsp3) is 0.105. The summed E-state index contributed by atoms with van der Waals surface area (Å²) in [5, 5.41) is 3.61. The lowest BCUT2D eigenvalue weighted by Crippen LogP contribution is -2.14. The van der Waals surface area contributed by atoms with Gasteiger partial charge in [-0.3, -0.25) is 4.79 Å². The summed E-state index contributed by atoms with van der Waals surface area (Å²) in [6, 6.07) is 15.4. The lowest BCUT2D eigenvalue weighted by Gasteiger charge is -2.08. The molecule has 1 heterocycles. The molecule has 0 atom stereocenters. The first kappa shape index (κ1) is 16.4. The van der Waals surface area contributed by atoms with Crippen LogP contribution in [-0.4, -0.2) is 31.1 Å². The predicted octanol–water partition coefficient (Wildman–Crippen LogP) is 3.28. The maximum absolute atomic E-state index is 12.4. The fourth-order valence-corrected chi connectivity index (χ4v) is 2.39. The number of aromatic nitrogens is 1. The number of ether oxygens (including phenoxy) is 2. The van der Waals surface area contributed by atoms with Crippen molar-refractivity contribution in [3.8, 4) is 5.75 Å². The van der Waals surface area contributed by atoms with Crippen molar-refractivity contribution in [1.29, 1.82) is 0 Å². The number of hydrogen-bond acceptors (Lipinski definition) is 5. The van der Waals surface area contributed by atoms with E-state index in [1.807, 2.05) is 12.1 Å². The SMILES string of the molecule is COC(=O)c1cccc(NC(=O)c2ccc3cc(OC)ccc3n2)c1. The van der Waals surface area contributed by atoms with E-state index in [0.29, 0.717) is 16.8 Å². The van der Waals surface area contributed by atoms with Gasteiger partial charge in [0.25, 0.3) is 5.91 Å². The number of fused-ring (bicyclic) bond motifs is 1. The molecule has 0 saturated heterocycles. The van der Waals surface area contributed by atoms with Crippen LogP contribution >= 0.6 is 0 Å². The Morgan fingerprint density at radius 2 is 1.84 bits per heavy atom. The van der Waals surface area contributed by atoms with Gasteiger partial charge in [-0.05, 0) is 42.5 Å². The van der Waals surface area contributed by atoms with Crippen molar-refractivity contribution in [3.05, 3.63) is 65.9 Å². The number of carbonyl (C=O) groups is 2. The molecule has 1 N–H and O–H groups in total. The molecule has 0 aliphatic heterocycles. The number of benzene rings is 2. The topological polar surface area (TPSA) is 77.5 Å². The minimum Gasteiger partial charge on any atom is -0.497 e. The van der Waals surface area contributed by atoms with Crippen LogP contribution in [0.5, 0.6) is 5.75 Å². The van der Waals surface area contributed by atoms with Crippen molar-refractivity contribution in [2.45, 2.75) is 0 Å². The molecule has 126 valence electrons. The van der Waals surface area contributed by atoms with Gasteiger partial charge >= 0.3 is 5.97 Å². The minimum absolute atomic E-state index is 0.279. The van der Waals surface area contributed by atoms with Gasteiger partial charge in [0.15, 0.2) is 0 Å². The van der Waals surface area contributed by atoms with Crippen LogP contribution in [0.3, 0.4) is 0 Å². The quantitative estimate of drug-likeness (QED) is 0.740. The minimum atomic E-state index is -0.464. The first-order chi connectivity index (χ1) is 12.1. The van der Waals surface area contributed by atoms with Gasteiger partial charge in [0.05, 0.1) is 25.3 Å². The van der Waals surface area contributed by atoms with E-state index in [9.17, 15) is 9.59 Å². The monoisotopic (exact) mass is 336 g/mol. The molecule has 2 aromatic carbocycles. The van der Waals surface area contributed by atoms with Gasteiger partial charge in [0, 0.05) is 11.1 Å². The zero-order chi connectivity index (χ0) is 17.8. The molecule has 6 nitrogen and oxygen atoms in total. The highest BCUT2D eigenvalue weighted by Gasteiger charge is 2.11. The number of rotatable bonds is 4. The van der Waals surface area contributed by atoms with Crippen LogP contribution in [0.1, 0.15) is 20.8 Å². The summed E-state index contributed by atoms with van der Waals surface area (Å²) in [4.78, 5) is 28.3. The predicted molar refractivity (Wildman–Crippen MR) is 94.0 cm³/mol. The lowest BCUT2D eigenvalue weighted by atomic mass is 10.1. The van der Waals surface area contributed by atoms with Gasteiger partial charge in [0.1, 0.15) is 11.4 Å². The molecule has 0 unspecified atom stereocenters. The van der Waals surface area contributed by atoms with Crippen molar-refractivity contribution in [1.82, 2.24) is 4.98 Å². The highest BCUT2D eigenvalue weighted by molar-refractivity contribution is 6.04. The maximum Gasteiger partial charge on any atom is 0.337 e. The highest BCUT2D eigenvalue weighted by Crippen LogP contribution is 2.20. The molecule has 0 bridgehead atoms. The summed E-state index contributed by atoms with van der Waals surface area (Å²) in [7, 11) is 2.90. The summed E-state index contributed by atoms with van der Waals surface area (Å²) in [5.74, 6) is -0.0975. The van der Waals surface area contributed by atoms with E-state index in [4.69, 9.17) is 4.74 Å². The van der Waals surface area contributed by atoms with E-state index in [1.54, 1.807) is 49.6 Å². The molecule has 0 aliphatic rings. The number of methoxy groups -OCH3 is 2. The van der Waals surface area contributed by atoms with E-state index in [0.717, 1.165) is 11.1 Å². The van der Waals surface area contributed by atoms with Crippen LogP contribution < -0.4 is 10.1 Å². The Morgan fingerprint density at radius 1 is 1.00 bits per heavy atom. The van der Waals surface area contributed by atoms with Gasteiger partial charge in [-0.2, -0.15) is 0 Å². The number of nitrogens with zero attached hydrogens (tertiary/aromatic N) is 1. The molecule has 3 aromatic rings. The Hall–Kier alpha value is -3.41. The van der Waals surface area contributed by atoms with Crippen molar-refractivity contribution >= 4 is 28.5 Å². The zero-order valence-electron chi connectivity index (χ0n) is 13.8. The van der Waals surface area contributed by atoms with Crippen molar-refractivity contribution in [2.24, 2.45) is 0 Å². The molecule has 0 spiro atoms. The third kappa shape index (κ3) is 3.58. The summed E-state index contributed by atoms with van der Waals surface area (Å²) in [5.41, 5.74) is 1.82. The zero-order valence-corrected chi connectivity index (χ0v) is 13.8. The summed E-state index contributed by atoms with van der Waals surface area (Å²) in [6.45, 7) is 0. The second-order valence-corrected chi connectivity index (χ2v) is 5.28. The number of carbonyl (C=O) groups excluding carboxylic acids is 2. The van der Waals surface area contributed by atoms with Gasteiger partial charge in [-0.25, -0.2) is 9.78 Å². The number of hydrogen-bond donors (Lipinski definition) is 1. The molecule has 1 amide bonds. The molecule has 0 fully saturated rings. The maximum atomic E-state index is 12.4. The Kier molecular flexibility index (Phi) is 4.61. The lowest BCUT2D eigenvalue weighted by molar-refractivity contribution is 0.0600. The van der Waals surface area contributed by atoms with Gasteiger partial charge < -0.3 is 14.8 Å². The smallest absolute Gasteiger partial charge is 0.337 e. The van der Waals surface area contributed by atoms with E-state index < -0.39 is 5.97 Å². The molecule has 3 rings (SSSR count). The molecule has 0 aliphatic carbocycles. The molecule has 1 aromatic heterocycles. The standard InChI is InChI=1S/C19H16N2O4/c1-24-15-7-9-16-12(11-15)6-8-17(21-16)18(22)20-14-5-3-4-13(10-14)19(23)25-2/h3-11H,1-2H3,(H,20,22). The van der Waals surface area contributed by atoms with Crippen LogP contribution in [0.15, 0.2) is 54.6 Å². The van der Waals surface area contributed by atoms with Crippen LogP contribution in [-0.2, 0) is 4.74 Å². The van der Waals surface area contributed by atoms with E-state index in [1.165, 1.54) is 7.11 Å². The third-order valence-electron chi connectivity index (χ3n) is 3.67. The normalized spacial score (nSPS) is 10.3. The molecule has 0 saturated carbocycles. The second-order valence-electron chi connectivity index (χ2n) is 5.28. The van der Waals surface area contributed by atoms with Crippen molar-refractivity contribution < 1.29 is 19.1 Å². The Labute approximate surface area is 144 Å². The van der Waals surface area contributed by atoms with Crippen LogP contribution in [0, 0.1) is 0 Å². The van der Waals surface area contributed by atoms with Gasteiger partial charge in [0.2, 0.25) is 0 Å². The van der Waals surface area contributed by atoms with E-state index in [-0.39, 0.29) is 11.6 Å². The van der Waals surface area contributed by atoms with Crippen LogP contribution in [0.25, 0.3) is 10.9 Å². The Bertz CT molecular complexity index is 953. The van der Waals surface area contributed by atoms with Gasteiger partial charge in [-0.15, -0.1) is 0 Å².